The largest absolute Gasteiger partial charge is 0.481 e. The van der Waals surface area contributed by atoms with Crippen molar-refractivity contribution in [1.82, 2.24) is 19.8 Å². The predicted molar refractivity (Wildman–Crippen MR) is 98.4 cm³/mol. The SMILES string of the molecule is CCOC(=O)N1CCCC(N2CCC(c3cncnc3OC)CC2)CC1. The van der Waals surface area contributed by atoms with Crippen molar-refractivity contribution in [2.45, 2.75) is 51.0 Å². The highest BCUT2D eigenvalue weighted by Crippen LogP contribution is 2.33. The number of hydrogen-bond acceptors (Lipinski definition) is 6. The van der Waals surface area contributed by atoms with E-state index in [4.69, 9.17) is 9.47 Å². The number of methoxy groups -OCH3 is 1. The Kier molecular flexibility index (Phi) is 6.66. The number of nitrogens with zero attached hydrogens (tertiary/aromatic N) is 4. The number of aromatic nitrogens is 2. The highest BCUT2D eigenvalue weighted by Gasteiger charge is 2.30. The van der Waals surface area contributed by atoms with Gasteiger partial charge in [0.05, 0.1) is 13.7 Å². The van der Waals surface area contributed by atoms with E-state index in [-0.39, 0.29) is 6.09 Å². The summed E-state index contributed by atoms with van der Waals surface area (Å²) in [6, 6.07) is 0.560. The van der Waals surface area contributed by atoms with E-state index in [1.54, 1.807) is 7.11 Å². The molecule has 144 valence electrons. The summed E-state index contributed by atoms with van der Waals surface area (Å²) in [7, 11) is 1.67. The highest BCUT2D eigenvalue weighted by atomic mass is 16.6. The Morgan fingerprint density at radius 3 is 2.73 bits per heavy atom. The molecule has 2 aliphatic rings. The van der Waals surface area contributed by atoms with Gasteiger partial charge in [0.25, 0.3) is 0 Å². The summed E-state index contributed by atoms with van der Waals surface area (Å²) >= 11 is 0. The smallest absolute Gasteiger partial charge is 0.409 e. The Balaban J connectivity index is 1.53. The normalized spacial score (nSPS) is 22.7. The lowest BCUT2D eigenvalue weighted by Gasteiger charge is -2.37. The van der Waals surface area contributed by atoms with Crippen molar-refractivity contribution in [3.8, 4) is 5.88 Å². The highest BCUT2D eigenvalue weighted by molar-refractivity contribution is 5.67. The average molecular weight is 362 g/mol. The topological polar surface area (TPSA) is 67.8 Å². The molecule has 3 rings (SSSR count). The summed E-state index contributed by atoms with van der Waals surface area (Å²) < 4.78 is 10.6. The van der Waals surface area contributed by atoms with Crippen LogP contribution in [-0.2, 0) is 4.74 Å². The van der Waals surface area contributed by atoms with Crippen LogP contribution >= 0.6 is 0 Å². The molecule has 0 spiro atoms. The summed E-state index contributed by atoms with van der Waals surface area (Å²) in [4.78, 5) is 24.8. The minimum atomic E-state index is -0.164. The maximum absolute atomic E-state index is 12.0. The molecule has 1 aromatic heterocycles. The maximum Gasteiger partial charge on any atom is 0.409 e. The molecular weight excluding hydrogens is 332 g/mol. The van der Waals surface area contributed by atoms with E-state index >= 15 is 0 Å². The van der Waals surface area contributed by atoms with Gasteiger partial charge in [0.2, 0.25) is 5.88 Å². The predicted octanol–water partition coefficient (Wildman–Crippen LogP) is 2.68. The molecule has 7 nitrogen and oxygen atoms in total. The first-order valence-corrected chi connectivity index (χ1v) is 9.72. The van der Waals surface area contributed by atoms with Gasteiger partial charge in [0, 0.05) is 30.9 Å². The third kappa shape index (κ3) is 4.44. The van der Waals surface area contributed by atoms with E-state index in [9.17, 15) is 4.79 Å². The Morgan fingerprint density at radius 2 is 2.00 bits per heavy atom. The lowest BCUT2D eigenvalue weighted by atomic mass is 9.89. The second kappa shape index (κ2) is 9.16. The zero-order valence-corrected chi connectivity index (χ0v) is 15.9. The lowest BCUT2D eigenvalue weighted by Crippen LogP contribution is -2.41. The number of rotatable bonds is 4. The number of carbonyl (C=O) groups is 1. The van der Waals surface area contributed by atoms with Gasteiger partial charge in [-0.25, -0.2) is 14.8 Å². The fourth-order valence-electron chi connectivity index (χ4n) is 4.20. The Bertz CT molecular complexity index is 590. The van der Waals surface area contributed by atoms with Gasteiger partial charge in [-0.3, -0.25) is 0 Å². The van der Waals surface area contributed by atoms with Crippen molar-refractivity contribution < 1.29 is 14.3 Å². The first kappa shape index (κ1) is 18.9. The summed E-state index contributed by atoms with van der Waals surface area (Å²) in [6.45, 7) is 6.06. The van der Waals surface area contributed by atoms with E-state index in [0.717, 1.165) is 63.8 Å². The number of amides is 1. The fraction of sp³-hybridized carbons (Fsp3) is 0.737. The van der Waals surface area contributed by atoms with Gasteiger partial charge in [-0.05, 0) is 58.0 Å². The molecule has 0 saturated carbocycles. The maximum atomic E-state index is 12.0. The molecule has 1 amide bonds. The van der Waals surface area contributed by atoms with Crippen LogP contribution < -0.4 is 4.74 Å². The van der Waals surface area contributed by atoms with Crippen LogP contribution in [0.1, 0.15) is 50.5 Å². The van der Waals surface area contributed by atoms with Gasteiger partial charge in [-0.2, -0.15) is 0 Å². The molecule has 0 radical (unpaired) electrons. The molecule has 2 fully saturated rings. The van der Waals surface area contributed by atoms with Crippen LogP contribution in [-0.4, -0.2) is 71.8 Å². The zero-order chi connectivity index (χ0) is 18.4. The molecule has 1 aromatic rings. The summed E-state index contributed by atoms with van der Waals surface area (Å²) in [5, 5.41) is 0. The molecule has 0 aromatic carbocycles. The Labute approximate surface area is 155 Å². The summed E-state index contributed by atoms with van der Waals surface area (Å²) in [5.41, 5.74) is 1.13. The average Bonchev–Trinajstić information content (AvgIpc) is 2.94. The second-order valence-corrected chi connectivity index (χ2v) is 7.07. The zero-order valence-electron chi connectivity index (χ0n) is 15.9. The summed E-state index contributed by atoms with van der Waals surface area (Å²) in [5.74, 6) is 1.17. The van der Waals surface area contributed by atoms with Crippen molar-refractivity contribution in [1.29, 1.82) is 0 Å². The molecule has 0 N–H and O–H groups in total. The molecule has 26 heavy (non-hydrogen) atoms. The number of hydrogen-bond donors (Lipinski definition) is 0. The van der Waals surface area contributed by atoms with Crippen molar-refractivity contribution >= 4 is 6.09 Å². The minimum absolute atomic E-state index is 0.164. The van der Waals surface area contributed by atoms with Gasteiger partial charge in [0.1, 0.15) is 6.33 Å². The molecular formula is C19H30N4O3. The van der Waals surface area contributed by atoms with E-state index in [0.29, 0.717) is 24.4 Å². The van der Waals surface area contributed by atoms with E-state index in [2.05, 4.69) is 14.9 Å². The van der Waals surface area contributed by atoms with Crippen molar-refractivity contribution in [2.75, 3.05) is 39.9 Å². The van der Waals surface area contributed by atoms with Crippen molar-refractivity contribution in [3.05, 3.63) is 18.1 Å². The Hall–Kier alpha value is -1.89. The van der Waals surface area contributed by atoms with Crippen molar-refractivity contribution in [2.24, 2.45) is 0 Å². The number of piperidine rings is 1. The quantitative estimate of drug-likeness (QED) is 0.820. The molecule has 0 bridgehead atoms. The molecule has 3 heterocycles. The van der Waals surface area contributed by atoms with E-state index < -0.39 is 0 Å². The van der Waals surface area contributed by atoms with Gasteiger partial charge < -0.3 is 19.3 Å². The minimum Gasteiger partial charge on any atom is -0.481 e. The second-order valence-electron chi connectivity index (χ2n) is 7.07. The van der Waals surface area contributed by atoms with E-state index in [1.807, 2.05) is 18.0 Å². The molecule has 0 aliphatic carbocycles. The lowest BCUT2D eigenvalue weighted by molar-refractivity contribution is 0.105. The fourth-order valence-corrected chi connectivity index (χ4v) is 4.20. The molecule has 7 heteroatoms. The van der Waals surface area contributed by atoms with E-state index in [1.165, 1.54) is 6.33 Å². The molecule has 2 aliphatic heterocycles. The van der Waals surface area contributed by atoms with Crippen LogP contribution in [0, 0.1) is 0 Å². The van der Waals surface area contributed by atoms with Gasteiger partial charge in [-0.15, -0.1) is 0 Å². The van der Waals surface area contributed by atoms with Gasteiger partial charge in [0.15, 0.2) is 0 Å². The first-order valence-electron chi connectivity index (χ1n) is 9.72. The van der Waals surface area contributed by atoms with Crippen LogP contribution in [0.25, 0.3) is 0 Å². The number of ether oxygens (including phenoxy) is 2. The first-order chi connectivity index (χ1) is 12.7. The van der Waals surface area contributed by atoms with Crippen LogP contribution in [0.4, 0.5) is 4.79 Å². The molecule has 1 atom stereocenters. The Morgan fingerprint density at radius 1 is 1.19 bits per heavy atom. The van der Waals surface area contributed by atoms with Crippen LogP contribution in [0.2, 0.25) is 0 Å². The third-order valence-electron chi connectivity index (χ3n) is 5.60. The van der Waals surface area contributed by atoms with Crippen LogP contribution in [0.5, 0.6) is 5.88 Å². The van der Waals surface area contributed by atoms with Gasteiger partial charge >= 0.3 is 6.09 Å². The van der Waals surface area contributed by atoms with Crippen LogP contribution in [0.15, 0.2) is 12.5 Å². The van der Waals surface area contributed by atoms with Gasteiger partial charge in [-0.1, -0.05) is 0 Å². The molecule has 1 unspecified atom stereocenters. The standard InChI is InChI=1S/C19H30N4O3/c1-3-26-19(24)23-9-4-5-16(8-12-23)22-10-6-15(7-11-22)17-13-20-14-21-18(17)25-2/h13-16H,3-12H2,1-2H3. The number of carbonyl (C=O) groups excluding carboxylic acids is 1. The summed E-state index contributed by atoms with van der Waals surface area (Å²) in [6.07, 6.45) is 8.70. The van der Waals surface area contributed by atoms with Crippen molar-refractivity contribution in [3.63, 3.8) is 0 Å². The molecule has 2 saturated heterocycles. The monoisotopic (exact) mass is 362 g/mol. The number of likely N-dealkylation sites (tertiary alicyclic amines) is 2. The third-order valence-corrected chi connectivity index (χ3v) is 5.60. The van der Waals surface area contributed by atoms with Crippen LogP contribution in [0.3, 0.4) is 0 Å².